The average molecular weight is 233 g/mol. The van der Waals surface area contributed by atoms with Crippen molar-refractivity contribution in [2.45, 2.75) is 64.3 Å². The van der Waals surface area contributed by atoms with Crippen LogP contribution in [-0.2, 0) is 4.79 Å². The first-order valence-electron chi connectivity index (χ1n) is 5.87. The highest BCUT2D eigenvalue weighted by atomic mass is 19.3. The number of halogens is 2. The Bertz CT molecular complexity index is 264. The molecule has 0 spiro atoms. The van der Waals surface area contributed by atoms with Crippen LogP contribution in [0.15, 0.2) is 0 Å². The Morgan fingerprint density at radius 1 is 1.50 bits per heavy atom. The maximum absolute atomic E-state index is 13.0. The number of carbonyl (C=O) groups excluding carboxylic acids is 1. The van der Waals surface area contributed by atoms with Crippen LogP contribution in [0, 0.1) is 5.92 Å². The fraction of sp³-hybridized carbons (Fsp3) is 0.917. The van der Waals surface area contributed by atoms with Gasteiger partial charge in [-0.3, -0.25) is 4.79 Å². The van der Waals surface area contributed by atoms with Crippen LogP contribution >= 0.6 is 0 Å². The van der Waals surface area contributed by atoms with E-state index in [0.717, 1.165) is 12.8 Å². The predicted octanol–water partition coefficient (Wildman–Crippen LogP) is 3.12. The lowest BCUT2D eigenvalue weighted by molar-refractivity contribution is -0.120. The Hall–Kier alpha value is -0.670. The Kier molecular flexibility index (Phi) is 3.92. The van der Waals surface area contributed by atoms with E-state index >= 15 is 0 Å². The standard InChI is InChI=1S/C12H21F2NO/c1-9(16)15-11(2,3)6-4-10-5-7-12(13,14)8-10/h10H,4-8H2,1-3H3,(H,15,16). The molecule has 0 radical (unpaired) electrons. The maximum atomic E-state index is 13.0. The van der Waals surface area contributed by atoms with E-state index < -0.39 is 5.92 Å². The molecule has 1 atom stereocenters. The third-order valence-corrected chi connectivity index (χ3v) is 3.20. The molecule has 1 aliphatic carbocycles. The zero-order valence-electron chi connectivity index (χ0n) is 10.3. The lowest BCUT2D eigenvalue weighted by Crippen LogP contribution is -2.42. The number of hydrogen-bond donors (Lipinski definition) is 1. The fourth-order valence-corrected chi connectivity index (χ4v) is 2.39. The van der Waals surface area contributed by atoms with Crippen LogP contribution < -0.4 is 5.32 Å². The van der Waals surface area contributed by atoms with Crippen LogP contribution in [0.4, 0.5) is 8.78 Å². The molecule has 1 aliphatic rings. The number of alkyl halides is 2. The molecule has 0 aliphatic heterocycles. The maximum Gasteiger partial charge on any atom is 0.248 e. The van der Waals surface area contributed by atoms with Gasteiger partial charge in [0.25, 0.3) is 0 Å². The third kappa shape index (κ3) is 4.45. The molecule has 1 amide bonds. The van der Waals surface area contributed by atoms with Crippen molar-refractivity contribution in [3.8, 4) is 0 Å². The van der Waals surface area contributed by atoms with Gasteiger partial charge >= 0.3 is 0 Å². The second-order valence-electron chi connectivity index (χ2n) is 5.57. The number of rotatable bonds is 4. The highest BCUT2D eigenvalue weighted by Crippen LogP contribution is 2.41. The van der Waals surface area contributed by atoms with Gasteiger partial charge in [0.15, 0.2) is 0 Å². The van der Waals surface area contributed by atoms with Crippen molar-refractivity contribution < 1.29 is 13.6 Å². The van der Waals surface area contributed by atoms with Gasteiger partial charge in [0.2, 0.25) is 11.8 Å². The fourth-order valence-electron chi connectivity index (χ4n) is 2.39. The van der Waals surface area contributed by atoms with Gasteiger partial charge < -0.3 is 5.32 Å². The molecule has 1 rings (SSSR count). The van der Waals surface area contributed by atoms with Crippen LogP contribution in [0.5, 0.6) is 0 Å². The first kappa shape index (κ1) is 13.4. The molecule has 4 heteroatoms. The average Bonchev–Trinajstić information content (AvgIpc) is 2.40. The van der Waals surface area contributed by atoms with Gasteiger partial charge in [0.1, 0.15) is 0 Å². The first-order valence-corrected chi connectivity index (χ1v) is 5.87. The van der Waals surface area contributed by atoms with Gasteiger partial charge in [-0.2, -0.15) is 0 Å². The van der Waals surface area contributed by atoms with Gasteiger partial charge in [0, 0.05) is 25.3 Å². The molecule has 0 aromatic carbocycles. The first-order chi connectivity index (χ1) is 7.20. The molecule has 0 heterocycles. The Balaban J connectivity index is 2.32. The summed E-state index contributed by atoms with van der Waals surface area (Å²) in [7, 11) is 0. The van der Waals surface area contributed by atoms with E-state index in [4.69, 9.17) is 0 Å². The highest BCUT2D eigenvalue weighted by Gasteiger charge is 2.39. The van der Waals surface area contributed by atoms with E-state index in [9.17, 15) is 13.6 Å². The van der Waals surface area contributed by atoms with Crippen LogP contribution in [0.2, 0.25) is 0 Å². The minimum absolute atomic E-state index is 0.0170. The minimum Gasteiger partial charge on any atom is -0.351 e. The summed E-state index contributed by atoms with van der Waals surface area (Å²) in [6.07, 6.45) is 2.18. The molecule has 0 aromatic rings. The van der Waals surface area contributed by atoms with Crippen LogP contribution in [0.3, 0.4) is 0 Å². The predicted molar refractivity (Wildman–Crippen MR) is 59.4 cm³/mol. The smallest absolute Gasteiger partial charge is 0.248 e. The Morgan fingerprint density at radius 3 is 2.56 bits per heavy atom. The van der Waals surface area contributed by atoms with Crippen molar-refractivity contribution in [1.82, 2.24) is 5.32 Å². The number of hydrogen-bond acceptors (Lipinski definition) is 1. The summed E-state index contributed by atoms with van der Waals surface area (Å²) in [4.78, 5) is 10.9. The van der Waals surface area contributed by atoms with E-state index in [2.05, 4.69) is 5.32 Å². The summed E-state index contributed by atoms with van der Waals surface area (Å²) in [6, 6.07) is 0. The second kappa shape index (κ2) is 4.68. The van der Waals surface area contributed by atoms with Crippen molar-refractivity contribution in [1.29, 1.82) is 0 Å². The summed E-state index contributed by atoms with van der Waals surface area (Å²) in [5, 5.41) is 2.84. The zero-order valence-corrected chi connectivity index (χ0v) is 10.3. The molecule has 2 nitrogen and oxygen atoms in total. The van der Waals surface area contributed by atoms with Gasteiger partial charge in [-0.25, -0.2) is 8.78 Å². The molecule has 0 bridgehead atoms. The number of nitrogens with one attached hydrogen (secondary N) is 1. The zero-order chi connectivity index (χ0) is 12.4. The summed E-state index contributed by atoms with van der Waals surface area (Å²) < 4.78 is 25.9. The largest absolute Gasteiger partial charge is 0.351 e. The van der Waals surface area contributed by atoms with Crippen LogP contribution in [-0.4, -0.2) is 17.4 Å². The minimum atomic E-state index is -2.46. The molecular weight excluding hydrogens is 212 g/mol. The highest BCUT2D eigenvalue weighted by molar-refractivity contribution is 5.73. The van der Waals surface area contributed by atoms with Crippen molar-refractivity contribution in [2.24, 2.45) is 5.92 Å². The van der Waals surface area contributed by atoms with Gasteiger partial charge in [-0.1, -0.05) is 0 Å². The summed E-state index contributed by atoms with van der Waals surface area (Å²) in [5.74, 6) is -2.41. The van der Waals surface area contributed by atoms with Crippen molar-refractivity contribution in [3.05, 3.63) is 0 Å². The lowest BCUT2D eigenvalue weighted by Gasteiger charge is -2.27. The van der Waals surface area contributed by atoms with Crippen molar-refractivity contribution in [3.63, 3.8) is 0 Å². The SMILES string of the molecule is CC(=O)NC(C)(C)CCC1CCC(F)(F)C1. The quantitative estimate of drug-likeness (QED) is 0.794. The van der Waals surface area contributed by atoms with E-state index in [-0.39, 0.29) is 30.2 Å². The van der Waals surface area contributed by atoms with E-state index in [1.807, 2.05) is 13.8 Å². The number of carbonyl (C=O) groups is 1. The molecule has 94 valence electrons. The number of amides is 1. The van der Waals surface area contributed by atoms with Gasteiger partial charge in [0.05, 0.1) is 0 Å². The molecular formula is C12H21F2NO. The normalized spacial score (nSPS) is 24.4. The van der Waals surface area contributed by atoms with Crippen molar-refractivity contribution in [2.75, 3.05) is 0 Å². The van der Waals surface area contributed by atoms with Gasteiger partial charge in [-0.05, 0) is 39.0 Å². The molecule has 0 aromatic heterocycles. The topological polar surface area (TPSA) is 29.1 Å². The molecule has 16 heavy (non-hydrogen) atoms. The van der Waals surface area contributed by atoms with Crippen molar-refractivity contribution >= 4 is 5.91 Å². The molecule has 1 saturated carbocycles. The monoisotopic (exact) mass is 233 g/mol. The molecule has 1 N–H and O–H groups in total. The molecule has 1 fully saturated rings. The molecule has 1 unspecified atom stereocenters. The second-order valence-corrected chi connectivity index (χ2v) is 5.57. The summed E-state index contributed by atoms with van der Waals surface area (Å²) >= 11 is 0. The summed E-state index contributed by atoms with van der Waals surface area (Å²) in [5.41, 5.74) is -0.288. The van der Waals surface area contributed by atoms with E-state index in [0.29, 0.717) is 6.42 Å². The summed E-state index contributed by atoms with van der Waals surface area (Å²) in [6.45, 7) is 5.34. The van der Waals surface area contributed by atoms with Crippen LogP contribution in [0.25, 0.3) is 0 Å². The third-order valence-electron chi connectivity index (χ3n) is 3.20. The van der Waals surface area contributed by atoms with E-state index in [1.165, 1.54) is 6.92 Å². The van der Waals surface area contributed by atoms with E-state index in [1.54, 1.807) is 0 Å². The van der Waals surface area contributed by atoms with Gasteiger partial charge in [-0.15, -0.1) is 0 Å². The Morgan fingerprint density at radius 2 is 2.12 bits per heavy atom. The Labute approximate surface area is 95.8 Å². The molecule has 0 saturated heterocycles. The van der Waals surface area contributed by atoms with Crippen LogP contribution in [0.1, 0.15) is 52.9 Å². The lowest BCUT2D eigenvalue weighted by atomic mass is 9.91.